The Kier molecular flexibility index (Phi) is 4.68. The molecule has 2 heterocycles. The number of benzene rings is 1. The van der Waals surface area contributed by atoms with Gasteiger partial charge >= 0.3 is 0 Å². The van der Waals surface area contributed by atoms with E-state index in [1.807, 2.05) is 6.07 Å². The van der Waals surface area contributed by atoms with E-state index in [0.717, 1.165) is 24.8 Å². The van der Waals surface area contributed by atoms with Crippen molar-refractivity contribution in [2.45, 2.75) is 11.8 Å². The zero-order chi connectivity index (χ0) is 17.2. The highest BCUT2D eigenvalue weighted by atomic mass is 32.2. The van der Waals surface area contributed by atoms with E-state index in [0.29, 0.717) is 18.8 Å². The van der Waals surface area contributed by atoms with Gasteiger partial charge in [0.05, 0.1) is 30.0 Å². The van der Waals surface area contributed by atoms with Crippen molar-refractivity contribution in [1.82, 2.24) is 4.98 Å². The highest BCUT2D eigenvalue weighted by molar-refractivity contribution is 7.92. The SMILES string of the molecule is Cc1cc(F)ccc1S(=O)(=O)Nc1ccc(N2CCOCC2)cn1. The average molecular weight is 351 g/mol. The number of pyridine rings is 1. The number of hydrogen-bond acceptors (Lipinski definition) is 5. The predicted octanol–water partition coefficient (Wildman–Crippen LogP) is 2.17. The minimum absolute atomic E-state index is 0.0305. The van der Waals surface area contributed by atoms with Crippen molar-refractivity contribution in [1.29, 1.82) is 0 Å². The van der Waals surface area contributed by atoms with Crippen molar-refractivity contribution in [3.05, 3.63) is 47.9 Å². The minimum Gasteiger partial charge on any atom is -0.378 e. The van der Waals surface area contributed by atoms with Crippen LogP contribution in [-0.4, -0.2) is 39.7 Å². The van der Waals surface area contributed by atoms with Gasteiger partial charge in [-0.25, -0.2) is 17.8 Å². The molecule has 24 heavy (non-hydrogen) atoms. The predicted molar refractivity (Wildman–Crippen MR) is 89.2 cm³/mol. The first-order chi connectivity index (χ1) is 11.5. The van der Waals surface area contributed by atoms with Gasteiger partial charge in [0.1, 0.15) is 11.6 Å². The maximum atomic E-state index is 13.1. The van der Waals surface area contributed by atoms with Crippen LogP contribution in [-0.2, 0) is 14.8 Å². The van der Waals surface area contributed by atoms with Gasteiger partial charge in [0.25, 0.3) is 10.0 Å². The summed E-state index contributed by atoms with van der Waals surface area (Å²) in [5.41, 5.74) is 1.26. The van der Waals surface area contributed by atoms with Gasteiger partial charge in [-0.3, -0.25) is 4.72 Å². The van der Waals surface area contributed by atoms with Crippen LogP contribution < -0.4 is 9.62 Å². The molecule has 1 saturated heterocycles. The quantitative estimate of drug-likeness (QED) is 0.914. The van der Waals surface area contributed by atoms with Crippen LogP contribution in [0.25, 0.3) is 0 Å². The van der Waals surface area contributed by atoms with Crippen LogP contribution in [0.4, 0.5) is 15.9 Å². The third-order valence-electron chi connectivity index (χ3n) is 3.79. The Bertz CT molecular complexity index is 819. The number of anilines is 2. The van der Waals surface area contributed by atoms with E-state index in [9.17, 15) is 12.8 Å². The van der Waals surface area contributed by atoms with Gasteiger partial charge in [0.15, 0.2) is 0 Å². The van der Waals surface area contributed by atoms with Crippen LogP contribution in [0.15, 0.2) is 41.4 Å². The third-order valence-corrected chi connectivity index (χ3v) is 5.30. The van der Waals surface area contributed by atoms with E-state index in [4.69, 9.17) is 4.74 Å². The van der Waals surface area contributed by atoms with E-state index in [-0.39, 0.29) is 10.7 Å². The zero-order valence-electron chi connectivity index (χ0n) is 13.2. The molecular weight excluding hydrogens is 333 g/mol. The number of aryl methyl sites for hydroxylation is 1. The van der Waals surface area contributed by atoms with E-state index in [1.165, 1.54) is 12.1 Å². The Balaban J connectivity index is 1.77. The fourth-order valence-corrected chi connectivity index (χ4v) is 3.80. The lowest BCUT2D eigenvalue weighted by molar-refractivity contribution is 0.122. The molecule has 0 radical (unpaired) electrons. The molecule has 1 aliphatic heterocycles. The van der Waals surface area contributed by atoms with Crippen molar-refractivity contribution < 1.29 is 17.5 Å². The number of morpholine rings is 1. The first-order valence-electron chi connectivity index (χ1n) is 7.53. The van der Waals surface area contributed by atoms with Crippen LogP contribution in [0.5, 0.6) is 0 Å². The lowest BCUT2D eigenvalue weighted by Gasteiger charge is -2.28. The molecule has 0 amide bonds. The summed E-state index contributed by atoms with van der Waals surface area (Å²) in [7, 11) is -3.81. The Morgan fingerprint density at radius 3 is 2.58 bits per heavy atom. The van der Waals surface area contributed by atoms with Crippen molar-refractivity contribution in [2.75, 3.05) is 35.9 Å². The molecule has 0 spiro atoms. The second-order valence-corrected chi connectivity index (χ2v) is 7.17. The molecule has 1 aromatic carbocycles. The molecule has 0 aliphatic carbocycles. The van der Waals surface area contributed by atoms with Gasteiger partial charge in [-0.1, -0.05) is 0 Å². The summed E-state index contributed by atoms with van der Waals surface area (Å²) in [5, 5.41) is 0. The maximum absolute atomic E-state index is 13.1. The van der Waals surface area contributed by atoms with Crippen molar-refractivity contribution in [2.24, 2.45) is 0 Å². The molecule has 0 bridgehead atoms. The summed E-state index contributed by atoms with van der Waals surface area (Å²) in [6, 6.07) is 6.98. The first kappa shape index (κ1) is 16.7. The highest BCUT2D eigenvalue weighted by Gasteiger charge is 2.18. The molecule has 0 unspecified atom stereocenters. The first-order valence-corrected chi connectivity index (χ1v) is 9.02. The van der Waals surface area contributed by atoms with Crippen LogP contribution >= 0.6 is 0 Å². The molecule has 2 aromatic rings. The smallest absolute Gasteiger partial charge is 0.263 e. The fraction of sp³-hybridized carbons (Fsp3) is 0.312. The number of sulfonamides is 1. The second-order valence-electron chi connectivity index (χ2n) is 5.52. The van der Waals surface area contributed by atoms with E-state index >= 15 is 0 Å². The number of rotatable bonds is 4. The van der Waals surface area contributed by atoms with Gasteiger partial charge in [-0.15, -0.1) is 0 Å². The molecule has 1 aliphatic rings. The van der Waals surface area contributed by atoms with Gasteiger partial charge < -0.3 is 9.64 Å². The van der Waals surface area contributed by atoms with E-state index in [1.54, 1.807) is 19.2 Å². The van der Waals surface area contributed by atoms with Gasteiger partial charge in [-0.2, -0.15) is 0 Å². The van der Waals surface area contributed by atoms with Crippen LogP contribution in [0, 0.1) is 12.7 Å². The molecule has 1 N–H and O–H groups in total. The van der Waals surface area contributed by atoms with Gasteiger partial charge in [-0.05, 0) is 42.8 Å². The molecule has 3 rings (SSSR count). The summed E-state index contributed by atoms with van der Waals surface area (Å²) in [5.74, 6) is -0.254. The summed E-state index contributed by atoms with van der Waals surface area (Å²) < 4.78 is 45.7. The summed E-state index contributed by atoms with van der Waals surface area (Å²) in [6.07, 6.45) is 1.63. The number of aromatic nitrogens is 1. The Morgan fingerprint density at radius 1 is 1.21 bits per heavy atom. The Morgan fingerprint density at radius 2 is 1.96 bits per heavy atom. The number of nitrogens with one attached hydrogen (secondary N) is 1. The molecule has 1 aromatic heterocycles. The minimum atomic E-state index is -3.81. The average Bonchev–Trinajstić information content (AvgIpc) is 2.55. The third kappa shape index (κ3) is 3.65. The molecule has 128 valence electrons. The van der Waals surface area contributed by atoms with Crippen molar-refractivity contribution in [3.63, 3.8) is 0 Å². The Hall–Kier alpha value is -2.19. The van der Waals surface area contributed by atoms with Crippen molar-refractivity contribution in [3.8, 4) is 0 Å². The highest BCUT2D eigenvalue weighted by Crippen LogP contribution is 2.21. The van der Waals surface area contributed by atoms with Gasteiger partial charge in [0, 0.05) is 13.1 Å². The number of hydrogen-bond donors (Lipinski definition) is 1. The maximum Gasteiger partial charge on any atom is 0.263 e. The summed E-state index contributed by atoms with van der Waals surface area (Å²) in [6.45, 7) is 4.44. The lowest BCUT2D eigenvalue weighted by Crippen LogP contribution is -2.36. The normalized spacial score (nSPS) is 15.3. The molecular formula is C16H18FN3O3S. The number of ether oxygens (including phenoxy) is 1. The zero-order valence-corrected chi connectivity index (χ0v) is 14.0. The molecule has 8 heteroatoms. The molecule has 0 saturated carbocycles. The van der Waals surface area contributed by atoms with Crippen LogP contribution in [0.3, 0.4) is 0 Å². The lowest BCUT2D eigenvalue weighted by atomic mass is 10.2. The number of halogens is 1. The standard InChI is InChI=1S/C16H18FN3O3S/c1-12-10-13(17)2-4-15(12)24(21,22)19-16-5-3-14(11-18-16)20-6-8-23-9-7-20/h2-5,10-11H,6-9H2,1H3,(H,18,19). The number of nitrogens with zero attached hydrogens (tertiary/aromatic N) is 2. The summed E-state index contributed by atoms with van der Waals surface area (Å²) >= 11 is 0. The summed E-state index contributed by atoms with van der Waals surface area (Å²) in [4.78, 5) is 6.32. The van der Waals surface area contributed by atoms with E-state index < -0.39 is 15.8 Å². The topological polar surface area (TPSA) is 71.5 Å². The Labute approximate surface area is 140 Å². The monoisotopic (exact) mass is 351 g/mol. The fourth-order valence-electron chi connectivity index (χ4n) is 2.56. The van der Waals surface area contributed by atoms with Gasteiger partial charge in [0.2, 0.25) is 0 Å². The second kappa shape index (κ2) is 6.74. The van der Waals surface area contributed by atoms with Crippen LogP contribution in [0.2, 0.25) is 0 Å². The molecule has 0 atom stereocenters. The van der Waals surface area contributed by atoms with Crippen molar-refractivity contribution >= 4 is 21.5 Å². The molecule has 6 nitrogen and oxygen atoms in total. The molecule has 1 fully saturated rings. The van der Waals surface area contributed by atoms with Crippen LogP contribution in [0.1, 0.15) is 5.56 Å². The van der Waals surface area contributed by atoms with E-state index in [2.05, 4.69) is 14.6 Å². The largest absolute Gasteiger partial charge is 0.378 e.